The Morgan fingerprint density at radius 2 is 2.25 bits per heavy atom. The molecule has 4 nitrogen and oxygen atoms in total. The maximum Gasteiger partial charge on any atom is 0.277 e. The molecule has 0 fully saturated rings. The Hall–Kier alpha value is -1.30. The summed E-state index contributed by atoms with van der Waals surface area (Å²) in [4.78, 5) is 11.9. The van der Waals surface area contributed by atoms with E-state index in [1.54, 1.807) is 0 Å². The van der Waals surface area contributed by atoms with Crippen molar-refractivity contribution in [2.75, 3.05) is 5.33 Å². The van der Waals surface area contributed by atoms with Crippen LogP contribution in [-0.2, 0) is 6.54 Å². The van der Waals surface area contributed by atoms with E-state index in [0.29, 0.717) is 17.4 Å². The SMILES string of the molecule is O=c1c2ccc(F)cc2nnn1CCCBr. The number of benzene rings is 1. The molecule has 1 heterocycles. The number of halogens is 2. The van der Waals surface area contributed by atoms with E-state index in [9.17, 15) is 9.18 Å². The summed E-state index contributed by atoms with van der Waals surface area (Å²) in [5, 5.41) is 8.75. The molecule has 0 saturated heterocycles. The van der Waals surface area contributed by atoms with Crippen LogP contribution in [0.3, 0.4) is 0 Å². The Balaban J connectivity index is 2.53. The number of aryl methyl sites for hydroxylation is 1. The van der Waals surface area contributed by atoms with E-state index in [1.165, 1.54) is 22.9 Å². The van der Waals surface area contributed by atoms with E-state index >= 15 is 0 Å². The molecule has 16 heavy (non-hydrogen) atoms. The van der Waals surface area contributed by atoms with E-state index in [4.69, 9.17) is 0 Å². The lowest BCUT2D eigenvalue weighted by atomic mass is 10.2. The number of nitrogens with zero attached hydrogens (tertiary/aromatic N) is 3. The minimum absolute atomic E-state index is 0.231. The predicted octanol–water partition coefficient (Wildman–Crippen LogP) is 1.72. The van der Waals surface area contributed by atoms with Gasteiger partial charge < -0.3 is 0 Å². The van der Waals surface area contributed by atoms with Crippen molar-refractivity contribution in [1.29, 1.82) is 0 Å². The monoisotopic (exact) mass is 285 g/mol. The molecule has 2 aromatic rings. The highest BCUT2D eigenvalue weighted by Crippen LogP contribution is 2.07. The van der Waals surface area contributed by atoms with Crippen molar-refractivity contribution in [3.63, 3.8) is 0 Å². The summed E-state index contributed by atoms with van der Waals surface area (Å²) < 4.78 is 14.2. The Morgan fingerprint density at radius 3 is 3.00 bits per heavy atom. The number of hydrogen-bond donors (Lipinski definition) is 0. The minimum atomic E-state index is -0.417. The van der Waals surface area contributed by atoms with Gasteiger partial charge in [-0.1, -0.05) is 21.1 Å². The van der Waals surface area contributed by atoms with Crippen molar-refractivity contribution in [1.82, 2.24) is 15.0 Å². The maximum absolute atomic E-state index is 12.9. The molecular weight excluding hydrogens is 277 g/mol. The van der Waals surface area contributed by atoms with E-state index in [-0.39, 0.29) is 5.56 Å². The van der Waals surface area contributed by atoms with Crippen LogP contribution in [0.4, 0.5) is 4.39 Å². The van der Waals surface area contributed by atoms with Gasteiger partial charge in [0.2, 0.25) is 0 Å². The summed E-state index contributed by atoms with van der Waals surface area (Å²) in [5.41, 5.74) is 0.0612. The third-order valence-electron chi connectivity index (χ3n) is 2.19. The summed E-state index contributed by atoms with van der Waals surface area (Å²) >= 11 is 3.28. The zero-order valence-electron chi connectivity index (χ0n) is 8.36. The fourth-order valence-electron chi connectivity index (χ4n) is 1.41. The smallest absolute Gasteiger partial charge is 0.267 e. The molecule has 0 atom stereocenters. The highest BCUT2D eigenvalue weighted by atomic mass is 79.9. The van der Waals surface area contributed by atoms with Gasteiger partial charge in [-0.3, -0.25) is 4.79 Å². The fourth-order valence-corrected chi connectivity index (χ4v) is 1.66. The molecule has 0 unspecified atom stereocenters. The molecule has 0 bridgehead atoms. The lowest BCUT2D eigenvalue weighted by Gasteiger charge is -2.02. The predicted molar refractivity (Wildman–Crippen MR) is 62.2 cm³/mol. The Labute approximate surface area is 99.2 Å². The van der Waals surface area contributed by atoms with Crippen LogP contribution in [0.15, 0.2) is 23.0 Å². The Morgan fingerprint density at radius 1 is 1.44 bits per heavy atom. The standard InChI is InChI=1S/C10H9BrFN3O/c11-4-1-5-15-10(16)8-3-2-7(12)6-9(8)13-14-15/h2-3,6H,1,4-5H2. The van der Waals surface area contributed by atoms with Crippen molar-refractivity contribution < 1.29 is 4.39 Å². The van der Waals surface area contributed by atoms with Crippen LogP contribution in [0.1, 0.15) is 6.42 Å². The van der Waals surface area contributed by atoms with Crippen molar-refractivity contribution in [3.8, 4) is 0 Å². The van der Waals surface area contributed by atoms with Gasteiger partial charge in [0.05, 0.1) is 5.39 Å². The van der Waals surface area contributed by atoms with Gasteiger partial charge in [-0.05, 0) is 18.6 Å². The first-order chi connectivity index (χ1) is 7.72. The fraction of sp³-hybridized carbons (Fsp3) is 0.300. The number of alkyl halides is 1. The zero-order valence-corrected chi connectivity index (χ0v) is 9.95. The summed E-state index contributed by atoms with van der Waals surface area (Å²) in [7, 11) is 0. The van der Waals surface area contributed by atoms with Crippen LogP contribution < -0.4 is 5.56 Å². The van der Waals surface area contributed by atoms with Crippen LogP contribution in [0.5, 0.6) is 0 Å². The van der Waals surface area contributed by atoms with Gasteiger partial charge in [-0.2, -0.15) is 0 Å². The number of hydrogen-bond acceptors (Lipinski definition) is 3. The molecule has 0 saturated carbocycles. The summed E-state index contributed by atoms with van der Waals surface area (Å²) in [6.45, 7) is 0.504. The average Bonchev–Trinajstić information content (AvgIpc) is 2.28. The Kier molecular flexibility index (Phi) is 3.28. The molecule has 6 heteroatoms. The van der Waals surface area contributed by atoms with Crippen LogP contribution >= 0.6 is 15.9 Å². The van der Waals surface area contributed by atoms with Gasteiger partial charge in [-0.25, -0.2) is 9.07 Å². The molecule has 0 N–H and O–H groups in total. The second kappa shape index (κ2) is 4.69. The van der Waals surface area contributed by atoms with Crippen molar-refractivity contribution in [2.24, 2.45) is 0 Å². The molecule has 2 rings (SSSR count). The van der Waals surface area contributed by atoms with E-state index in [0.717, 1.165) is 11.8 Å². The molecule has 84 valence electrons. The second-order valence-electron chi connectivity index (χ2n) is 3.32. The first-order valence-corrected chi connectivity index (χ1v) is 5.93. The van der Waals surface area contributed by atoms with E-state index < -0.39 is 5.82 Å². The van der Waals surface area contributed by atoms with Gasteiger partial charge in [0.25, 0.3) is 5.56 Å². The van der Waals surface area contributed by atoms with E-state index in [1.807, 2.05) is 0 Å². The molecule has 0 spiro atoms. The summed E-state index contributed by atoms with van der Waals surface area (Å²) in [6.07, 6.45) is 0.793. The number of fused-ring (bicyclic) bond motifs is 1. The van der Waals surface area contributed by atoms with Gasteiger partial charge >= 0.3 is 0 Å². The largest absolute Gasteiger partial charge is 0.277 e. The lowest BCUT2D eigenvalue weighted by Crippen LogP contribution is -2.24. The molecule has 0 aliphatic carbocycles. The highest BCUT2D eigenvalue weighted by molar-refractivity contribution is 9.09. The zero-order chi connectivity index (χ0) is 11.5. The topological polar surface area (TPSA) is 47.8 Å². The maximum atomic E-state index is 12.9. The van der Waals surface area contributed by atoms with Crippen LogP contribution in [0.2, 0.25) is 0 Å². The van der Waals surface area contributed by atoms with Gasteiger partial charge in [-0.15, -0.1) is 5.10 Å². The third-order valence-corrected chi connectivity index (χ3v) is 2.75. The van der Waals surface area contributed by atoms with Gasteiger partial charge in [0, 0.05) is 17.9 Å². The quantitative estimate of drug-likeness (QED) is 0.807. The lowest BCUT2D eigenvalue weighted by molar-refractivity contribution is 0.543. The summed E-state index contributed by atoms with van der Waals surface area (Å²) in [5.74, 6) is -0.417. The van der Waals surface area contributed by atoms with Crippen LogP contribution in [0, 0.1) is 5.82 Å². The second-order valence-corrected chi connectivity index (χ2v) is 4.11. The molecule has 0 amide bonds. The minimum Gasteiger partial charge on any atom is -0.267 e. The molecular formula is C10H9BrFN3O. The van der Waals surface area contributed by atoms with Crippen molar-refractivity contribution in [2.45, 2.75) is 13.0 Å². The van der Waals surface area contributed by atoms with Gasteiger partial charge in [0.1, 0.15) is 11.3 Å². The van der Waals surface area contributed by atoms with Gasteiger partial charge in [0.15, 0.2) is 0 Å². The Bertz CT molecular complexity index is 569. The molecule has 0 aliphatic heterocycles. The van der Waals surface area contributed by atoms with Crippen molar-refractivity contribution in [3.05, 3.63) is 34.4 Å². The highest BCUT2D eigenvalue weighted by Gasteiger charge is 2.05. The molecule has 1 aromatic carbocycles. The number of rotatable bonds is 3. The molecule has 0 aliphatic rings. The number of aromatic nitrogens is 3. The van der Waals surface area contributed by atoms with E-state index in [2.05, 4.69) is 26.2 Å². The van der Waals surface area contributed by atoms with Crippen molar-refractivity contribution >= 4 is 26.8 Å². The average molecular weight is 286 g/mol. The first-order valence-electron chi connectivity index (χ1n) is 4.81. The molecule has 0 radical (unpaired) electrons. The third kappa shape index (κ3) is 2.11. The van der Waals surface area contributed by atoms with Crippen LogP contribution in [-0.4, -0.2) is 20.3 Å². The normalized spacial score (nSPS) is 10.9. The van der Waals surface area contributed by atoms with Crippen LogP contribution in [0.25, 0.3) is 10.9 Å². The molecule has 1 aromatic heterocycles. The summed E-state index contributed by atoms with van der Waals surface area (Å²) in [6, 6.07) is 3.89. The first kappa shape index (κ1) is 11.2.